The number of nitriles is 1. The zero-order chi connectivity index (χ0) is 20.8. The Morgan fingerprint density at radius 3 is 2.62 bits per heavy atom. The Hall–Kier alpha value is -1.34. The van der Waals surface area contributed by atoms with Gasteiger partial charge in [-0.2, -0.15) is 5.26 Å². The SMILES string of the molecule is C/C(C#N)=C\NCC(=N)C1CCC2C3CCC4C[C@](C)(O)CCC4C3CCC12C. The van der Waals surface area contributed by atoms with Gasteiger partial charge < -0.3 is 15.8 Å². The maximum atomic E-state index is 10.6. The molecule has 0 aromatic heterocycles. The molecule has 4 aliphatic rings. The van der Waals surface area contributed by atoms with E-state index in [9.17, 15) is 5.11 Å². The largest absolute Gasteiger partial charge is 0.390 e. The zero-order valence-electron chi connectivity index (χ0n) is 18.5. The second-order valence-electron chi connectivity index (χ2n) is 11.2. The lowest BCUT2D eigenvalue weighted by Gasteiger charge is -2.57. The van der Waals surface area contributed by atoms with Crippen LogP contribution in [-0.2, 0) is 0 Å². The van der Waals surface area contributed by atoms with E-state index in [1.54, 1.807) is 13.1 Å². The summed E-state index contributed by atoms with van der Waals surface area (Å²) >= 11 is 0. The van der Waals surface area contributed by atoms with E-state index in [1.165, 1.54) is 38.5 Å². The zero-order valence-corrected chi connectivity index (χ0v) is 18.5. The summed E-state index contributed by atoms with van der Waals surface area (Å²) < 4.78 is 0. The molecule has 4 saturated carbocycles. The molecule has 0 radical (unpaired) electrons. The predicted molar refractivity (Wildman–Crippen MR) is 116 cm³/mol. The van der Waals surface area contributed by atoms with Crippen LogP contribution in [0.25, 0.3) is 0 Å². The van der Waals surface area contributed by atoms with Crippen molar-refractivity contribution >= 4 is 5.71 Å². The molecule has 0 heterocycles. The number of hydrogen-bond donors (Lipinski definition) is 3. The van der Waals surface area contributed by atoms with Crippen molar-refractivity contribution in [2.75, 3.05) is 6.54 Å². The van der Waals surface area contributed by atoms with Gasteiger partial charge in [0, 0.05) is 23.4 Å². The van der Waals surface area contributed by atoms with E-state index in [-0.39, 0.29) is 5.41 Å². The number of aliphatic hydroxyl groups is 1. The second-order valence-corrected chi connectivity index (χ2v) is 11.2. The van der Waals surface area contributed by atoms with Crippen molar-refractivity contribution in [1.82, 2.24) is 5.32 Å². The summed E-state index contributed by atoms with van der Waals surface area (Å²) in [6.07, 6.45) is 12.6. The van der Waals surface area contributed by atoms with E-state index in [0.29, 0.717) is 18.0 Å². The number of hydrogen-bond acceptors (Lipinski definition) is 4. The first-order valence-corrected chi connectivity index (χ1v) is 11.8. The molecule has 29 heavy (non-hydrogen) atoms. The number of fused-ring (bicyclic) bond motifs is 5. The number of allylic oxidation sites excluding steroid dienone is 1. The summed E-state index contributed by atoms with van der Waals surface area (Å²) in [7, 11) is 0. The van der Waals surface area contributed by atoms with Crippen LogP contribution in [0.3, 0.4) is 0 Å². The van der Waals surface area contributed by atoms with Crippen LogP contribution in [-0.4, -0.2) is 23.0 Å². The van der Waals surface area contributed by atoms with Crippen LogP contribution >= 0.6 is 0 Å². The van der Waals surface area contributed by atoms with E-state index in [0.717, 1.165) is 54.6 Å². The monoisotopic (exact) mass is 397 g/mol. The van der Waals surface area contributed by atoms with Gasteiger partial charge in [0.15, 0.2) is 0 Å². The topological polar surface area (TPSA) is 79.9 Å². The van der Waals surface area contributed by atoms with Gasteiger partial charge in [-0.3, -0.25) is 0 Å². The highest BCUT2D eigenvalue weighted by Crippen LogP contribution is 2.64. The van der Waals surface area contributed by atoms with Crippen molar-refractivity contribution < 1.29 is 5.11 Å². The van der Waals surface area contributed by atoms with Crippen LogP contribution in [0.5, 0.6) is 0 Å². The lowest BCUT2D eigenvalue weighted by atomic mass is 9.49. The third-order valence-electron chi connectivity index (χ3n) is 9.45. The molecule has 0 saturated heterocycles. The quantitative estimate of drug-likeness (QED) is 0.459. The third kappa shape index (κ3) is 3.76. The molecule has 4 rings (SSSR count). The van der Waals surface area contributed by atoms with E-state index in [1.807, 2.05) is 6.92 Å². The second kappa shape index (κ2) is 7.73. The van der Waals surface area contributed by atoms with E-state index >= 15 is 0 Å². The Kier molecular flexibility index (Phi) is 5.57. The van der Waals surface area contributed by atoms with E-state index in [2.05, 4.69) is 18.3 Å². The van der Waals surface area contributed by atoms with Gasteiger partial charge in [0.25, 0.3) is 0 Å². The Morgan fingerprint density at radius 1 is 1.10 bits per heavy atom. The minimum Gasteiger partial charge on any atom is -0.390 e. The van der Waals surface area contributed by atoms with Crippen molar-refractivity contribution in [2.45, 2.75) is 84.2 Å². The number of nitrogens with zero attached hydrogens (tertiary/aromatic N) is 1. The molecule has 0 aromatic carbocycles. The minimum atomic E-state index is -0.434. The molecule has 4 aliphatic carbocycles. The highest BCUT2D eigenvalue weighted by atomic mass is 16.3. The van der Waals surface area contributed by atoms with Crippen LogP contribution in [0, 0.1) is 57.7 Å². The molecule has 8 atom stereocenters. The van der Waals surface area contributed by atoms with Gasteiger partial charge in [0.1, 0.15) is 0 Å². The average Bonchev–Trinajstić information content (AvgIpc) is 3.03. The molecular weight excluding hydrogens is 358 g/mol. The van der Waals surface area contributed by atoms with Crippen molar-refractivity contribution in [3.8, 4) is 6.07 Å². The molecule has 4 nitrogen and oxygen atoms in total. The molecular formula is C25H39N3O. The first-order valence-electron chi connectivity index (χ1n) is 11.8. The summed E-state index contributed by atoms with van der Waals surface area (Å²) in [6.45, 7) is 6.89. The molecule has 160 valence electrons. The molecule has 0 bridgehead atoms. The van der Waals surface area contributed by atoms with Crippen LogP contribution in [0.1, 0.15) is 78.6 Å². The normalized spacial score (nSPS) is 46.8. The highest BCUT2D eigenvalue weighted by Gasteiger charge is 2.58. The molecule has 0 amide bonds. The van der Waals surface area contributed by atoms with Crippen LogP contribution in [0.4, 0.5) is 0 Å². The summed E-state index contributed by atoms with van der Waals surface area (Å²) in [5, 5.41) is 31.4. The lowest BCUT2D eigenvalue weighted by molar-refractivity contribution is -0.0965. The van der Waals surface area contributed by atoms with Gasteiger partial charge >= 0.3 is 0 Å². The van der Waals surface area contributed by atoms with Gasteiger partial charge in [0.05, 0.1) is 18.2 Å². The van der Waals surface area contributed by atoms with Gasteiger partial charge in [-0.1, -0.05) is 6.92 Å². The average molecular weight is 398 g/mol. The summed E-state index contributed by atoms with van der Waals surface area (Å²) in [5.74, 6) is 4.42. The lowest BCUT2D eigenvalue weighted by Crippen LogP contribution is -2.51. The Bertz CT molecular complexity index is 720. The predicted octanol–water partition coefficient (Wildman–Crippen LogP) is 5.04. The van der Waals surface area contributed by atoms with Crippen molar-refractivity contribution in [3.63, 3.8) is 0 Å². The fourth-order valence-electron chi connectivity index (χ4n) is 8.12. The molecule has 0 aliphatic heterocycles. The van der Waals surface area contributed by atoms with Crippen molar-refractivity contribution in [1.29, 1.82) is 10.7 Å². The maximum absolute atomic E-state index is 10.6. The summed E-state index contributed by atoms with van der Waals surface area (Å²) in [6, 6.07) is 2.13. The fourth-order valence-corrected chi connectivity index (χ4v) is 8.12. The highest BCUT2D eigenvalue weighted by molar-refractivity contribution is 5.87. The maximum Gasteiger partial charge on any atom is 0.0959 e. The summed E-state index contributed by atoms with van der Waals surface area (Å²) in [4.78, 5) is 0. The Morgan fingerprint density at radius 2 is 1.86 bits per heavy atom. The number of rotatable bonds is 4. The first-order chi connectivity index (χ1) is 13.7. The fraction of sp³-hybridized carbons (Fsp3) is 0.840. The molecule has 7 unspecified atom stereocenters. The standard InChI is InChI=1S/C25H39N3O/c1-16(13-26)14-28-15-23(27)22-7-6-21-20-5-4-17-12-24(2,29)10-8-18(17)19(20)9-11-25(21,22)3/h14,17-22,27-29H,4-12,15H2,1-3H3/b16-14+,27-23?/t17?,18?,19?,20?,21?,22?,24-,25?/m1/s1. The third-order valence-corrected chi connectivity index (χ3v) is 9.45. The molecule has 4 fully saturated rings. The molecule has 0 spiro atoms. The smallest absolute Gasteiger partial charge is 0.0959 e. The van der Waals surface area contributed by atoms with Crippen molar-refractivity contribution in [3.05, 3.63) is 11.8 Å². The molecule has 4 heteroatoms. The van der Waals surface area contributed by atoms with Crippen LogP contribution in [0.2, 0.25) is 0 Å². The Labute approximate surface area is 176 Å². The number of nitrogens with one attached hydrogen (secondary N) is 2. The van der Waals surface area contributed by atoms with Gasteiger partial charge in [0.2, 0.25) is 0 Å². The Balaban J connectivity index is 1.44. The van der Waals surface area contributed by atoms with Crippen LogP contribution < -0.4 is 5.32 Å². The van der Waals surface area contributed by atoms with Gasteiger partial charge in [-0.05, 0) is 107 Å². The van der Waals surface area contributed by atoms with Gasteiger partial charge in [-0.25, -0.2) is 0 Å². The van der Waals surface area contributed by atoms with Crippen molar-refractivity contribution in [2.24, 2.45) is 40.9 Å². The van der Waals surface area contributed by atoms with Gasteiger partial charge in [-0.15, -0.1) is 0 Å². The van der Waals surface area contributed by atoms with E-state index < -0.39 is 5.60 Å². The summed E-state index contributed by atoms with van der Waals surface area (Å²) in [5.41, 5.74) is 1.34. The molecule has 3 N–H and O–H groups in total. The minimum absolute atomic E-state index is 0.279. The molecule has 0 aromatic rings. The van der Waals surface area contributed by atoms with E-state index in [4.69, 9.17) is 10.7 Å². The van der Waals surface area contributed by atoms with Crippen LogP contribution in [0.15, 0.2) is 11.8 Å². The first kappa shape index (κ1) is 20.9.